The fraction of sp³-hybridized carbons (Fsp3) is 0.143. The second-order valence-electron chi connectivity index (χ2n) is 4.35. The summed E-state index contributed by atoms with van der Waals surface area (Å²) in [5, 5.41) is 0. The van der Waals surface area contributed by atoms with Crippen LogP contribution in [0.5, 0.6) is 0 Å². The van der Waals surface area contributed by atoms with Crippen molar-refractivity contribution in [2.45, 2.75) is 6.54 Å². The molecule has 0 unspecified atom stereocenters. The monoisotopic (exact) mass is 302 g/mol. The number of halogens is 5. The van der Waals surface area contributed by atoms with Crippen molar-refractivity contribution in [2.75, 3.05) is 11.9 Å². The lowest BCUT2D eigenvalue weighted by atomic mass is 10.1. The molecular formula is C14H11F5N2. The molecule has 0 aromatic heterocycles. The van der Waals surface area contributed by atoms with Crippen molar-refractivity contribution in [2.24, 2.45) is 5.73 Å². The van der Waals surface area contributed by atoms with Crippen molar-refractivity contribution in [3.8, 4) is 0 Å². The Morgan fingerprint density at radius 1 is 0.810 bits per heavy atom. The first-order valence-electron chi connectivity index (χ1n) is 5.92. The average molecular weight is 302 g/mol. The number of nitrogens with zero attached hydrogens (tertiary/aromatic N) is 1. The van der Waals surface area contributed by atoms with Crippen molar-refractivity contribution >= 4 is 11.4 Å². The average Bonchev–Trinajstić information content (AvgIpc) is 2.51. The van der Waals surface area contributed by atoms with E-state index in [1.807, 2.05) is 0 Å². The molecule has 2 nitrogen and oxygen atoms in total. The maximum absolute atomic E-state index is 13.7. The molecule has 0 radical (unpaired) electrons. The highest BCUT2D eigenvalue weighted by atomic mass is 19.2. The molecule has 0 saturated carbocycles. The Labute approximate surface area is 117 Å². The smallest absolute Gasteiger partial charge is 0.200 e. The Hall–Kier alpha value is -2.15. The summed E-state index contributed by atoms with van der Waals surface area (Å²) in [6.07, 6.45) is 0. The molecule has 0 aliphatic rings. The van der Waals surface area contributed by atoms with Gasteiger partial charge in [-0.05, 0) is 17.7 Å². The minimum atomic E-state index is -2.18. The van der Waals surface area contributed by atoms with Crippen molar-refractivity contribution in [1.29, 1.82) is 0 Å². The topological polar surface area (TPSA) is 29.3 Å². The standard InChI is InChI=1S/C14H11F5N2/c1-21(8-4-2-7(6-20)3-5-8)14-12(18)10(16)9(15)11(17)13(14)19/h2-5H,6,20H2,1H3. The van der Waals surface area contributed by atoms with Gasteiger partial charge in [0.2, 0.25) is 5.82 Å². The first kappa shape index (κ1) is 15.2. The van der Waals surface area contributed by atoms with E-state index >= 15 is 0 Å². The van der Waals surface area contributed by atoms with Crippen LogP contribution in [0.25, 0.3) is 0 Å². The molecule has 0 spiro atoms. The number of benzene rings is 2. The van der Waals surface area contributed by atoms with Gasteiger partial charge in [0.25, 0.3) is 0 Å². The van der Waals surface area contributed by atoms with Gasteiger partial charge in [-0.15, -0.1) is 0 Å². The van der Waals surface area contributed by atoms with E-state index in [1.165, 1.54) is 19.2 Å². The fourth-order valence-electron chi connectivity index (χ4n) is 1.87. The summed E-state index contributed by atoms with van der Waals surface area (Å²) in [7, 11) is 1.20. The Morgan fingerprint density at radius 2 is 1.24 bits per heavy atom. The highest BCUT2D eigenvalue weighted by Gasteiger charge is 2.28. The molecular weight excluding hydrogens is 291 g/mol. The minimum Gasteiger partial charge on any atom is -0.340 e. The van der Waals surface area contributed by atoms with Gasteiger partial charge in [-0.1, -0.05) is 12.1 Å². The highest BCUT2D eigenvalue weighted by Crippen LogP contribution is 2.33. The van der Waals surface area contributed by atoms with Gasteiger partial charge >= 0.3 is 0 Å². The van der Waals surface area contributed by atoms with Crippen LogP contribution in [0.2, 0.25) is 0 Å². The summed E-state index contributed by atoms with van der Waals surface area (Å²) in [6, 6.07) is 6.14. The molecule has 112 valence electrons. The molecule has 2 aromatic carbocycles. The van der Waals surface area contributed by atoms with E-state index in [0.717, 1.165) is 10.5 Å². The van der Waals surface area contributed by atoms with E-state index in [2.05, 4.69) is 0 Å². The molecule has 2 rings (SSSR count). The van der Waals surface area contributed by atoms with Crippen LogP contribution in [0, 0.1) is 29.1 Å². The summed E-state index contributed by atoms with van der Waals surface area (Å²) in [5.41, 5.74) is 5.44. The zero-order valence-electron chi connectivity index (χ0n) is 10.9. The lowest BCUT2D eigenvalue weighted by Gasteiger charge is -2.21. The lowest BCUT2D eigenvalue weighted by molar-refractivity contribution is 0.380. The molecule has 2 N–H and O–H groups in total. The fourth-order valence-corrected chi connectivity index (χ4v) is 1.87. The normalized spacial score (nSPS) is 10.8. The molecule has 0 bridgehead atoms. The second-order valence-corrected chi connectivity index (χ2v) is 4.35. The van der Waals surface area contributed by atoms with Gasteiger partial charge in [-0.25, -0.2) is 22.0 Å². The Kier molecular flexibility index (Phi) is 4.13. The largest absolute Gasteiger partial charge is 0.340 e. The number of hydrogen-bond donors (Lipinski definition) is 1. The number of rotatable bonds is 3. The Morgan fingerprint density at radius 3 is 1.67 bits per heavy atom. The van der Waals surface area contributed by atoms with Crippen molar-refractivity contribution in [3.05, 3.63) is 58.9 Å². The summed E-state index contributed by atoms with van der Waals surface area (Å²) in [5.74, 6) is -9.89. The number of hydrogen-bond acceptors (Lipinski definition) is 2. The second kappa shape index (κ2) is 5.69. The van der Waals surface area contributed by atoms with E-state index in [4.69, 9.17) is 5.73 Å². The van der Waals surface area contributed by atoms with Gasteiger partial charge in [-0.2, -0.15) is 0 Å². The Bertz CT molecular complexity index is 641. The molecule has 0 saturated heterocycles. The van der Waals surface area contributed by atoms with Crippen LogP contribution >= 0.6 is 0 Å². The van der Waals surface area contributed by atoms with E-state index in [-0.39, 0.29) is 12.2 Å². The minimum absolute atomic E-state index is 0.260. The predicted octanol–water partition coefficient (Wildman–Crippen LogP) is 3.61. The predicted molar refractivity (Wildman–Crippen MR) is 68.6 cm³/mol. The van der Waals surface area contributed by atoms with Gasteiger partial charge < -0.3 is 10.6 Å². The van der Waals surface area contributed by atoms with Crippen LogP contribution in [0.4, 0.5) is 33.3 Å². The highest BCUT2D eigenvalue weighted by molar-refractivity contribution is 5.64. The molecule has 0 aliphatic carbocycles. The van der Waals surface area contributed by atoms with Crippen LogP contribution in [0.1, 0.15) is 5.56 Å². The Balaban J connectivity index is 2.55. The summed E-state index contributed by atoms with van der Waals surface area (Å²) in [6.45, 7) is 0.270. The third-order valence-electron chi connectivity index (χ3n) is 3.08. The maximum atomic E-state index is 13.7. The quantitative estimate of drug-likeness (QED) is 0.533. The van der Waals surface area contributed by atoms with E-state index in [1.54, 1.807) is 12.1 Å². The molecule has 0 atom stereocenters. The summed E-state index contributed by atoms with van der Waals surface area (Å²) >= 11 is 0. The lowest BCUT2D eigenvalue weighted by Crippen LogP contribution is -2.17. The van der Waals surface area contributed by atoms with E-state index < -0.39 is 34.8 Å². The van der Waals surface area contributed by atoms with Crippen LogP contribution in [0.15, 0.2) is 24.3 Å². The third-order valence-corrected chi connectivity index (χ3v) is 3.08. The van der Waals surface area contributed by atoms with Gasteiger partial charge in [0.05, 0.1) is 0 Å². The van der Waals surface area contributed by atoms with Crippen LogP contribution < -0.4 is 10.6 Å². The van der Waals surface area contributed by atoms with Crippen LogP contribution in [-0.4, -0.2) is 7.05 Å². The molecule has 0 amide bonds. The molecule has 0 heterocycles. The maximum Gasteiger partial charge on any atom is 0.200 e. The zero-order valence-corrected chi connectivity index (χ0v) is 10.9. The molecule has 21 heavy (non-hydrogen) atoms. The van der Waals surface area contributed by atoms with Gasteiger partial charge in [0.1, 0.15) is 5.69 Å². The first-order valence-corrected chi connectivity index (χ1v) is 5.92. The van der Waals surface area contributed by atoms with Crippen LogP contribution in [0.3, 0.4) is 0 Å². The summed E-state index contributed by atoms with van der Waals surface area (Å²) in [4.78, 5) is 0.885. The number of nitrogens with two attached hydrogens (primary N) is 1. The van der Waals surface area contributed by atoms with E-state index in [9.17, 15) is 22.0 Å². The van der Waals surface area contributed by atoms with Crippen molar-refractivity contribution in [3.63, 3.8) is 0 Å². The van der Waals surface area contributed by atoms with Gasteiger partial charge in [0, 0.05) is 19.3 Å². The van der Waals surface area contributed by atoms with Crippen LogP contribution in [-0.2, 0) is 6.54 Å². The number of anilines is 2. The van der Waals surface area contributed by atoms with E-state index in [0.29, 0.717) is 0 Å². The molecule has 2 aromatic rings. The van der Waals surface area contributed by atoms with Gasteiger partial charge in [0.15, 0.2) is 23.3 Å². The SMILES string of the molecule is CN(c1ccc(CN)cc1)c1c(F)c(F)c(F)c(F)c1F. The molecule has 0 aliphatic heterocycles. The van der Waals surface area contributed by atoms with Gasteiger partial charge in [-0.3, -0.25) is 0 Å². The molecule has 0 fully saturated rings. The summed E-state index contributed by atoms with van der Waals surface area (Å²) < 4.78 is 66.8. The third kappa shape index (κ3) is 2.56. The zero-order chi connectivity index (χ0) is 15.7. The van der Waals surface area contributed by atoms with Crippen molar-refractivity contribution < 1.29 is 22.0 Å². The van der Waals surface area contributed by atoms with Crippen molar-refractivity contribution in [1.82, 2.24) is 0 Å². The first-order chi connectivity index (χ1) is 9.88. The molecule has 7 heteroatoms.